The molecule has 0 aromatic carbocycles. The molecule has 0 fully saturated rings. The van der Waals surface area contributed by atoms with Gasteiger partial charge in [-0.15, -0.1) is 0 Å². The number of hydrogen-bond donors (Lipinski definition) is 1. The van der Waals surface area contributed by atoms with Gasteiger partial charge in [0, 0.05) is 17.9 Å². The van der Waals surface area contributed by atoms with Crippen LogP contribution in [-0.2, 0) is 4.79 Å². The van der Waals surface area contributed by atoms with Crippen LogP contribution in [0.1, 0.15) is 37.2 Å². The summed E-state index contributed by atoms with van der Waals surface area (Å²) in [6, 6.07) is 0. The van der Waals surface area contributed by atoms with E-state index < -0.39 is 0 Å². The second-order valence-corrected chi connectivity index (χ2v) is 5.66. The minimum absolute atomic E-state index is 0.0429. The van der Waals surface area contributed by atoms with Crippen molar-refractivity contribution in [3.63, 3.8) is 0 Å². The van der Waals surface area contributed by atoms with E-state index in [1.165, 1.54) is 11.8 Å². The second-order valence-electron chi connectivity index (χ2n) is 4.35. The molecule has 0 aliphatic heterocycles. The first kappa shape index (κ1) is 15.0. The van der Waals surface area contributed by atoms with Crippen molar-refractivity contribution in [3.8, 4) is 0 Å². The van der Waals surface area contributed by atoms with Gasteiger partial charge < -0.3 is 5.32 Å². The van der Waals surface area contributed by atoms with Crippen LogP contribution in [0.3, 0.4) is 0 Å². The summed E-state index contributed by atoms with van der Waals surface area (Å²) in [5.74, 6) is 0.0429. The zero-order valence-electron chi connectivity index (χ0n) is 11.7. The fraction of sp³-hybridized carbons (Fsp3) is 0.615. The Labute approximate surface area is 113 Å². The third kappa shape index (κ3) is 3.98. The van der Waals surface area contributed by atoms with Gasteiger partial charge in [-0.25, -0.2) is 9.97 Å². The van der Waals surface area contributed by atoms with Gasteiger partial charge in [0.1, 0.15) is 0 Å². The van der Waals surface area contributed by atoms with Gasteiger partial charge in [0.15, 0.2) is 5.16 Å². The average molecular weight is 267 g/mol. The monoisotopic (exact) mass is 267 g/mol. The first-order chi connectivity index (χ1) is 8.45. The van der Waals surface area contributed by atoms with E-state index in [9.17, 15) is 4.79 Å². The molecule has 1 heterocycles. The van der Waals surface area contributed by atoms with Crippen molar-refractivity contribution < 1.29 is 4.79 Å². The first-order valence-electron chi connectivity index (χ1n) is 6.22. The van der Waals surface area contributed by atoms with Gasteiger partial charge in [-0.1, -0.05) is 18.7 Å². The highest BCUT2D eigenvalue weighted by molar-refractivity contribution is 8.00. The molecule has 5 heteroatoms. The summed E-state index contributed by atoms with van der Waals surface area (Å²) in [5, 5.41) is 3.38. The molecule has 0 saturated carbocycles. The molecule has 0 aliphatic carbocycles. The molecule has 4 nitrogen and oxygen atoms in total. The minimum Gasteiger partial charge on any atom is -0.355 e. The highest BCUT2D eigenvalue weighted by Gasteiger charge is 2.16. The molecule has 100 valence electrons. The maximum atomic E-state index is 11.8. The summed E-state index contributed by atoms with van der Waals surface area (Å²) < 4.78 is 0. The molecule has 0 radical (unpaired) electrons. The standard InChI is InChI=1S/C13H21N3OS/c1-6-7-14-12(17)11(5)18-13-15-9(3)8(2)10(4)16-13/h11H,6-7H2,1-5H3,(H,14,17)/t11-/m1/s1. The predicted octanol–water partition coefficient (Wildman–Crippen LogP) is 2.41. The van der Waals surface area contributed by atoms with Crippen LogP contribution in [0.15, 0.2) is 5.16 Å². The van der Waals surface area contributed by atoms with Crippen molar-refractivity contribution in [2.45, 2.75) is 51.4 Å². The van der Waals surface area contributed by atoms with Crippen LogP contribution in [0.5, 0.6) is 0 Å². The van der Waals surface area contributed by atoms with Crippen molar-refractivity contribution >= 4 is 17.7 Å². The largest absolute Gasteiger partial charge is 0.355 e. The number of nitrogens with one attached hydrogen (secondary N) is 1. The maximum Gasteiger partial charge on any atom is 0.233 e. The highest BCUT2D eigenvalue weighted by atomic mass is 32.2. The van der Waals surface area contributed by atoms with Gasteiger partial charge in [0.2, 0.25) is 5.91 Å². The fourth-order valence-electron chi connectivity index (χ4n) is 1.40. The molecular weight excluding hydrogens is 246 g/mol. The lowest BCUT2D eigenvalue weighted by atomic mass is 10.2. The SMILES string of the molecule is CCCNC(=O)[C@@H](C)Sc1nc(C)c(C)c(C)n1. The zero-order chi connectivity index (χ0) is 13.7. The summed E-state index contributed by atoms with van der Waals surface area (Å²) in [5.41, 5.74) is 3.07. The van der Waals surface area contributed by atoms with Gasteiger partial charge in [-0.3, -0.25) is 4.79 Å². The van der Waals surface area contributed by atoms with Gasteiger partial charge in [-0.05, 0) is 39.7 Å². The van der Waals surface area contributed by atoms with Gasteiger partial charge in [0.05, 0.1) is 5.25 Å². The number of thioether (sulfide) groups is 1. The number of aryl methyl sites for hydroxylation is 2. The van der Waals surface area contributed by atoms with Crippen molar-refractivity contribution in [3.05, 3.63) is 17.0 Å². The molecule has 0 aliphatic rings. The van der Waals surface area contributed by atoms with Crippen LogP contribution in [0.25, 0.3) is 0 Å². The molecule has 0 unspecified atom stereocenters. The molecule has 1 rings (SSSR count). The number of aromatic nitrogens is 2. The van der Waals surface area contributed by atoms with Crippen LogP contribution in [0, 0.1) is 20.8 Å². The Balaban J connectivity index is 2.70. The van der Waals surface area contributed by atoms with Crippen LogP contribution in [0.2, 0.25) is 0 Å². The molecule has 0 spiro atoms. The van der Waals surface area contributed by atoms with Gasteiger partial charge >= 0.3 is 0 Å². The number of nitrogens with zero attached hydrogens (tertiary/aromatic N) is 2. The lowest BCUT2D eigenvalue weighted by Crippen LogP contribution is -2.31. The maximum absolute atomic E-state index is 11.8. The molecule has 1 aromatic rings. The van der Waals surface area contributed by atoms with Gasteiger partial charge in [-0.2, -0.15) is 0 Å². The Hall–Kier alpha value is -1.10. The zero-order valence-corrected chi connectivity index (χ0v) is 12.5. The average Bonchev–Trinajstić information content (AvgIpc) is 2.32. The smallest absolute Gasteiger partial charge is 0.233 e. The van der Waals surface area contributed by atoms with Crippen molar-refractivity contribution in [2.75, 3.05) is 6.54 Å². The van der Waals surface area contributed by atoms with Crippen molar-refractivity contribution in [1.82, 2.24) is 15.3 Å². The fourth-order valence-corrected chi connectivity index (χ4v) is 2.28. The molecule has 1 amide bonds. The lowest BCUT2D eigenvalue weighted by Gasteiger charge is -2.12. The number of carbonyl (C=O) groups excluding carboxylic acids is 1. The number of carbonyl (C=O) groups is 1. The van der Waals surface area contributed by atoms with E-state index in [1.807, 2.05) is 34.6 Å². The Morgan fingerprint density at radius 3 is 2.33 bits per heavy atom. The van der Waals surface area contributed by atoms with Crippen LogP contribution >= 0.6 is 11.8 Å². The topological polar surface area (TPSA) is 54.9 Å². The molecule has 0 saturated heterocycles. The Morgan fingerprint density at radius 2 is 1.83 bits per heavy atom. The molecule has 1 N–H and O–H groups in total. The first-order valence-corrected chi connectivity index (χ1v) is 7.09. The molecule has 1 aromatic heterocycles. The predicted molar refractivity (Wildman–Crippen MR) is 74.9 cm³/mol. The van der Waals surface area contributed by atoms with Crippen molar-refractivity contribution in [1.29, 1.82) is 0 Å². The lowest BCUT2D eigenvalue weighted by molar-refractivity contribution is -0.120. The van der Waals surface area contributed by atoms with E-state index in [-0.39, 0.29) is 11.2 Å². The minimum atomic E-state index is -0.168. The third-order valence-electron chi connectivity index (χ3n) is 2.81. The van der Waals surface area contributed by atoms with E-state index in [1.54, 1.807) is 0 Å². The number of amides is 1. The Morgan fingerprint density at radius 1 is 1.28 bits per heavy atom. The number of hydrogen-bond acceptors (Lipinski definition) is 4. The molecule has 0 bridgehead atoms. The van der Waals surface area contributed by atoms with Crippen LogP contribution in [-0.4, -0.2) is 27.7 Å². The van der Waals surface area contributed by atoms with E-state index >= 15 is 0 Å². The molecular formula is C13H21N3OS. The summed E-state index contributed by atoms with van der Waals surface area (Å²) in [6.45, 7) is 10.6. The van der Waals surface area contributed by atoms with E-state index in [0.717, 1.165) is 29.9 Å². The normalized spacial score (nSPS) is 12.3. The Kier molecular flexibility index (Phi) is 5.59. The summed E-state index contributed by atoms with van der Waals surface area (Å²) in [7, 11) is 0. The Bertz CT molecular complexity index is 411. The second kappa shape index (κ2) is 6.73. The highest BCUT2D eigenvalue weighted by Crippen LogP contribution is 2.21. The number of rotatable bonds is 5. The molecule has 1 atom stereocenters. The molecule has 18 heavy (non-hydrogen) atoms. The summed E-state index contributed by atoms with van der Waals surface area (Å²) in [6.07, 6.45) is 0.947. The summed E-state index contributed by atoms with van der Waals surface area (Å²) in [4.78, 5) is 20.6. The quantitative estimate of drug-likeness (QED) is 0.657. The van der Waals surface area contributed by atoms with E-state index in [0.29, 0.717) is 5.16 Å². The van der Waals surface area contributed by atoms with E-state index in [2.05, 4.69) is 15.3 Å². The van der Waals surface area contributed by atoms with Crippen LogP contribution < -0.4 is 5.32 Å². The van der Waals surface area contributed by atoms with Crippen LogP contribution in [0.4, 0.5) is 0 Å². The summed E-state index contributed by atoms with van der Waals surface area (Å²) >= 11 is 1.40. The van der Waals surface area contributed by atoms with Gasteiger partial charge in [0.25, 0.3) is 0 Å². The van der Waals surface area contributed by atoms with E-state index in [4.69, 9.17) is 0 Å². The third-order valence-corrected chi connectivity index (χ3v) is 3.77. The van der Waals surface area contributed by atoms with Crippen molar-refractivity contribution in [2.24, 2.45) is 0 Å².